The number of nitro groups is 1. The van der Waals surface area contributed by atoms with E-state index in [9.17, 15) is 14.5 Å². The Labute approximate surface area is 86.3 Å². The molecule has 1 aromatic rings. The van der Waals surface area contributed by atoms with Gasteiger partial charge in [0.1, 0.15) is 11.5 Å². The summed E-state index contributed by atoms with van der Waals surface area (Å²) in [5, 5.41) is 13.3. The van der Waals surface area contributed by atoms with Crippen molar-refractivity contribution in [3.05, 3.63) is 34.1 Å². The number of benzene rings is 1. The number of halogens is 1. The van der Waals surface area contributed by atoms with Crippen LogP contribution in [0.2, 0.25) is 0 Å². The zero-order chi connectivity index (χ0) is 11.4. The van der Waals surface area contributed by atoms with E-state index in [1.165, 1.54) is 0 Å². The second kappa shape index (κ2) is 4.42. The fraction of sp³-hybridized carbons (Fsp3) is 0.200. The molecule has 0 radical (unpaired) electrons. The van der Waals surface area contributed by atoms with Gasteiger partial charge in [0.15, 0.2) is 0 Å². The van der Waals surface area contributed by atoms with Crippen molar-refractivity contribution in [2.75, 3.05) is 5.32 Å². The van der Waals surface area contributed by atoms with Crippen LogP contribution in [0, 0.1) is 28.3 Å². The summed E-state index contributed by atoms with van der Waals surface area (Å²) in [6.07, 6.45) is 5.11. The molecule has 0 aliphatic heterocycles. The molecule has 1 atom stereocenters. The van der Waals surface area contributed by atoms with E-state index in [1.807, 2.05) is 0 Å². The molecule has 0 bridgehead atoms. The second-order valence-electron chi connectivity index (χ2n) is 2.95. The molecule has 5 heteroatoms. The highest BCUT2D eigenvalue weighted by molar-refractivity contribution is 5.62. The molecule has 0 spiro atoms. The molecule has 0 fully saturated rings. The Bertz CT molecular complexity index is 426. The molecule has 78 valence electrons. The smallest absolute Gasteiger partial charge is 0.292 e. The normalized spacial score (nSPS) is 11.5. The summed E-state index contributed by atoms with van der Waals surface area (Å²) in [6.45, 7) is 1.65. The fourth-order valence-corrected chi connectivity index (χ4v) is 1.06. The van der Waals surface area contributed by atoms with Crippen LogP contribution in [0.3, 0.4) is 0 Å². The Morgan fingerprint density at radius 2 is 2.33 bits per heavy atom. The lowest BCUT2D eigenvalue weighted by atomic mass is 10.2. The van der Waals surface area contributed by atoms with Crippen molar-refractivity contribution in [1.82, 2.24) is 0 Å². The first-order chi connectivity index (χ1) is 7.04. The van der Waals surface area contributed by atoms with E-state index < -0.39 is 16.8 Å². The summed E-state index contributed by atoms with van der Waals surface area (Å²) in [7, 11) is 0. The van der Waals surface area contributed by atoms with Gasteiger partial charge in [0.05, 0.1) is 11.0 Å². The minimum atomic E-state index is -0.592. The predicted molar refractivity (Wildman–Crippen MR) is 55.0 cm³/mol. The zero-order valence-electron chi connectivity index (χ0n) is 8.03. The maximum Gasteiger partial charge on any atom is 0.292 e. The van der Waals surface area contributed by atoms with E-state index in [-0.39, 0.29) is 11.4 Å². The minimum absolute atomic E-state index is 0.0884. The summed E-state index contributed by atoms with van der Waals surface area (Å²) in [5.74, 6) is 1.79. The highest BCUT2D eigenvalue weighted by Gasteiger charge is 2.15. The lowest BCUT2D eigenvalue weighted by molar-refractivity contribution is -0.384. The van der Waals surface area contributed by atoms with Crippen molar-refractivity contribution in [3.63, 3.8) is 0 Å². The van der Waals surface area contributed by atoms with Crippen LogP contribution in [0.5, 0.6) is 0 Å². The Balaban J connectivity index is 3.08. The number of nitrogens with zero attached hydrogens (tertiary/aromatic N) is 1. The Morgan fingerprint density at radius 1 is 1.67 bits per heavy atom. The van der Waals surface area contributed by atoms with Gasteiger partial charge in [-0.3, -0.25) is 10.1 Å². The Kier molecular flexibility index (Phi) is 3.24. The molecule has 4 nitrogen and oxygen atoms in total. The molecule has 0 aliphatic rings. The SMILES string of the molecule is C#CC(C)Nc1cc(F)ccc1[N+](=O)[O-]. The molecule has 15 heavy (non-hydrogen) atoms. The summed E-state index contributed by atoms with van der Waals surface area (Å²) < 4.78 is 12.9. The van der Waals surface area contributed by atoms with Crippen molar-refractivity contribution in [1.29, 1.82) is 0 Å². The topological polar surface area (TPSA) is 55.2 Å². The monoisotopic (exact) mass is 208 g/mol. The van der Waals surface area contributed by atoms with E-state index in [0.717, 1.165) is 18.2 Å². The minimum Gasteiger partial charge on any atom is -0.366 e. The number of hydrogen-bond donors (Lipinski definition) is 1. The van der Waals surface area contributed by atoms with Crippen LogP contribution in [0.1, 0.15) is 6.92 Å². The third-order valence-electron chi connectivity index (χ3n) is 1.78. The number of hydrogen-bond acceptors (Lipinski definition) is 3. The highest BCUT2D eigenvalue weighted by atomic mass is 19.1. The van der Waals surface area contributed by atoms with Crippen molar-refractivity contribution < 1.29 is 9.31 Å². The van der Waals surface area contributed by atoms with Crippen LogP contribution in [-0.2, 0) is 0 Å². The van der Waals surface area contributed by atoms with Crippen molar-refractivity contribution >= 4 is 11.4 Å². The van der Waals surface area contributed by atoms with Crippen LogP contribution < -0.4 is 5.32 Å². The van der Waals surface area contributed by atoms with Crippen molar-refractivity contribution in [2.45, 2.75) is 13.0 Å². The summed E-state index contributed by atoms with van der Waals surface area (Å²) >= 11 is 0. The summed E-state index contributed by atoms with van der Waals surface area (Å²) in [6, 6.07) is 2.78. The Morgan fingerprint density at radius 3 is 2.87 bits per heavy atom. The number of nitrogens with one attached hydrogen (secondary N) is 1. The van der Waals surface area contributed by atoms with Crippen LogP contribution in [-0.4, -0.2) is 11.0 Å². The molecule has 0 aromatic heterocycles. The number of terminal acetylenes is 1. The molecule has 1 aromatic carbocycles. The summed E-state index contributed by atoms with van der Waals surface area (Å²) in [5.41, 5.74) is -0.107. The third kappa shape index (κ3) is 2.68. The van der Waals surface area contributed by atoms with Gasteiger partial charge in [0.25, 0.3) is 5.69 Å². The molecular weight excluding hydrogens is 199 g/mol. The standard InChI is InChI=1S/C10H9FN2O2/c1-3-7(2)12-9-6-8(11)4-5-10(9)13(14)15/h1,4-7,12H,2H3. The van der Waals surface area contributed by atoms with Crippen LogP contribution in [0.4, 0.5) is 15.8 Å². The maximum absolute atomic E-state index is 12.9. The van der Waals surface area contributed by atoms with E-state index in [4.69, 9.17) is 6.42 Å². The number of anilines is 1. The molecule has 0 amide bonds. The lowest BCUT2D eigenvalue weighted by Crippen LogP contribution is -2.13. The van der Waals surface area contributed by atoms with Crippen molar-refractivity contribution in [2.24, 2.45) is 0 Å². The van der Waals surface area contributed by atoms with Gasteiger partial charge in [-0.2, -0.15) is 0 Å². The first-order valence-electron chi connectivity index (χ1n) is 4.21. The third-order valence-corrected chi connectivity index (χ3v) is 1.78. The van der Waals surface area contributed by atoms with E-state index >= 15 is 0 Å². The first-order valence-corrected chi connectivity index (χ1v) is 4.21. The van der Waals surface area contributed by atoms with Crippen LogP contribution in [0.15, 0.2) is 18.2 Å². The molecule has 0 aliphatic carbocycles. The quantitative estimate of drug-likeness (QED) is 0.470. The first kappa shape index (κ1) is 11.0. The molecule has 1 N–H and O–H groups in total. The number of rotatable bonds is 3. The predicted octanol–water partition coefficient (Wildman–Crippen LogP) is 2.17. The van der Waals surface area contributed by atoms with E-state index in [0.29, 0.717) is 0 Å². The van der Waals surface area contributed by atoms with Gasteiger partial charge < -0.3 is 5.32 Å². The van der Waals surface area contributed by atoms with E-state index in [1.54, 1.807) is 6.92 Å². The van der Waals surface area contributed by atoms with Gasteiger partial charge in [-0.1, -0.05) is 5.92 Å². The van der Waals surface area contributed by atoms with Crippen LogP contribution in [0.25, 0.3) is 0 Å². The largest absolute Gasteiger partial charge is 0.366 e. The van der Waals surface area contributed by atoms with Gasteiger partial charge in [-0.25, -0.2) is 4.39 Å². The van der Waals surface area contributed by atoms with E-state index in [2.05, 4.69) is 11.2 Å². The fourth-order valence-electron chi connectivity index (χ4n) is 1.06. The van der Waals surface area contributed by atoms with Gasteiger partial charge >= 0.3 is 0 Å². The average Bonchev–Trinajstić information content (AvgIpc) is 2.17. The lowest BCUT2D eigenvalue weighted by Gasteiger charge is -2.09. The second-order valence-corrected chi connectivity index (χ2v) is 2.95. The Hall–Kier alpha value is -2.09. The molecule has 0 heterocycles. The zero-order valence-corrected chi connectivity index (χ0v) is 8.03. The molecule has 1 unspecified atom stereocenters. The average molecular weight is 208 g/mol. The van der Waals surface area contributed by atoms with Crippen molar-refractivity contribution in [3.8, 4) is 12.3 Å². The van der Waals surface area contributed by atoms with Gasteiger partial charge in [0, 0.05) is 12.1 Å². The van der Waals surface area contributed by atoms with Gasteiger partial charge in [-0.15, -0.1) is 6.42 Å². The molecule has 0 saturated heterocycles. The highest BCUT2D eigenvalue weighted by Crippen LogP contribution is 2.25. The molecule has 0 saturated carbocycles. The summed E-state index contributed by atoms with van der Waals surface area (Å²) in [4.78, 5) is 10.0. The molecular formula is C10H9FN2O2. The van der Waals surface area contributed by atoms with Crippen LogP contribution >= 0.6 is 0 Å². The van der Waals surface area contributed by atoms with Gasteiger partial charge in [-0.05, 0) is 13.0 Å². The number of nitro benzene ring substituents is 1. The molecule has 1 rings (SSSR count). The maximum atomic E-state index is 12.9. The van der Waals surface area contributed by atoms with Gasteiger partial charge in [0.2, 0.25) is 0 Å².